The van der Waals surface area contributed by atoms with Crippen LogP contribution in [-0.4, -0.2) is 31.7 Å². The van der Waals surface area contributed by atoms with Gasteiger partial charge in [-0.2, -0.15) is 5.10 Å². The molecule has 2 aromatic heterocycles. The molecular weight excluding hydrogens is 388 g/mol. The molecule has 0 unspecified atom stereocenters. The van der Waals surface area contributed by atoms with Crippen molar-refractivity contribution < 1.29 is 4.79 Å². The standard InChI is InChI=1S/C25H30N4O2/c1-4-29-23(14-22(26-29)12-18(2)3)25(31)27-11-10-20-13-24(30)28(17-21(20)16-27)15-19-8-6-5-7-9-19/h5-9,13-14,17-18H,4,10-12,15-16H2,1-3H3. The summed E-state index contributed by atoms with van der Waals surface area (Å²) in [7, 11) is 0. The Bertz CT molecular complexity index is 1130. The summed E-state index contributed by atoms with van der Waals surface area (Å²) in [5, 5.41) is 4.63. The predicted octanol–water partition coefficient (Wildman–Crippen LogP) is 3.51. The smallest absolute Gasteiger partial charge is 0.272 e. The molecule has 0 aliphatic carbocycles. The molecule has 0 atom stereocenters. The summed E-state index contributed by atoms with van der Waals surface area (Å²) in [5.74, 6) is 0.502. The van der Waals surface area contributed by atoms with Gasteiger partial charge in [-0.25, -0.2) is 0 Å². The van der Waals surface area contributed by atoms with Crippen LogP contribution in [-0.2, 0) is 32.5 Å². The number of aryl methyl sites for hydroxylation is 1. The minimum absolute atomic E-state index is 0.00441. The van der Waals surface area contributed by atoms with Crippen LogP contribution < -0.4 is 5.56 Å². The third-order valence-corrected chi connectivity index (χ3v) is 5.77. The molecule has 6 nitrogen and oxygen atoms in total. The van der Waals surface area contributed by atoms with E-state index in [9.17, 15) is 9.59 Å². The number of amides is 1. The summed E-state index contributed by atoms with van der Waals surface area (Å²) in [4.78, 5) is 27.8. The van der Waals surface area contributed by atoms with Crippen molar-refractivity contribution in [2.75, 3.05) is 6.54 Å². The van der Waals surface area contributed by atoms with E-state index in [1.807, 2.05) is 59.1 Å². The molecular formula is C25H30N4O2. The molecule has 6 heteroatoms. The predicted molar refractivity (Wildman–Crippen MR) is 121 cm³/mol. The molecule has 1 amide bonds. The highest BCUT2D eigenvalue weighted by molar-refractivity contribution is 5.92. The zero-order valence-electron chi connectivity index (χ0n) is 18.5. The van der Waals surface area contributed by atoms with E-state index in [-0.39, 0.29) is 11.5 Å². The minimum Gasteiger partial charge on any atom is -0.333 e. The lowest BCUT2D eigenvalue weighted by atomic mass is 10.0. The van der Waals surface area contributed by atoms with Crippen LogP contribution in [0.1, 0.15) is 53.6 Å². The van der Waals surface area contributed by atoms with E-state index < -0.39 is 0 Å². The highest BCUT2D eigenvalue weighted by Gasteiger charge is 2.26. The molecule has 0 radical (unpaired) electrons. The van der Waals surface area contributed by atoms with E-state index in [0.29, 0.717) is 44.2 Å². The topological polar surface area (TPSA) is 60.1 Å². The zero-order chi connectivity index (χ0) is 22.0. The third-order valence-electron chi connectivity index (χ3n) is 5.77. The maximum Gasteiger partial charge on any atom is 0.272 e. The molecule has 0 N–H and O–H groups in total. The van der Waals surface area contributed by atoms with Crippen molar-refractivity contribution in [2.24, 2.45) is 5.92 Å². The largest absolute Gasteiger partial charge is 0.333 e. The molecule has 0 saturated carbocycles. The van der Waals surface area contributed by atoms with Gasteiger partial charge in [-0.15, -0.1) is 0 Å². The molecule has 0 saturated heterocycles. The quantitative estimate of drug-likeness (QED) is 0.616. The summed E-state index contributed by atoms with van der Waals surface area (Å²) < 4.78 is 3.55. The number of nitrogens with zero attached hydrogens (tertiary/aromatic N) is 4. The van der Waals surface area contributed by atoms with Crippen molar-refractivity contribution in [3.63, 3.8) is 0 Å². The van der Waals surface area contributed by atoms with Gasteiger partial charge < -0.3 is 9.47 Å². The number of rotatable bonds is 6. The Kier molecular flexibility index (Phi) is 6.07. The lowest BCUT2D eigenvalue weighted by molar-refractivity contribution is 0.0721. The summed E-state index contributed by atoms with van der Waals surface area (Å²) in [6.07, 6.45) is 3.48. The lowest BCUT2D eigenvalue weighted by Gasteiger charge is -2.29. The van der Waals surface area contributed by atoms with E-state index in [1.54, 1.807) is 10.6 Å². The fourth-order valence-electron chi connectivity index (χ4n) is 4.21. The zero-order valence-corrected chi connectivity index (χ0v) is 18.5. The number of carbonyl (C=O) groups is 1. The first-order valence-electron chi connectivity index (χ1n) is 11.1. The summed E-state index contributed by atoms with van der Waals surface area (Å²) in [6, 6.07) is 13.6. The molecule has 3 heterocycles. The number of carbonyl (C=O) groups excluding carboxylic acids is 1. The minimum atomic E-state index is 0.00441. The van der Waals surface area contributed by atoms with Gasteiger partial charge in [-0.3, -0.25) is 14.3 Å². The van der Waals surface area contributed by atoms with Crippen LogP contribution >= 0.6 is 0 Å². The van der Waals surface area contributed by atoms with Crippen LogP contribution in [0.25, 0.3) is 0 Å². The molecule has 31 heavy (non-hydrogen) atoms. The Morgan fingerprint density at radius 1 is 1.13 bits per heavy atom. The molecule has 0 bridgehead atoms. The first-order valence-corrected chi connectivity index (χ1v) is 11.1. The first kappa shape index (κ1) is 21.1. The SMILES string of the molecule is CCn1nc(CC(C)C)cc1C(=O)N1CCc2cc(=O)n(Cc3ccccc3)cc2C1. The number of fused-ring (bicyclic) bond motifs is 1. The van der Waals surface area contributed by atoms with Gasteiger partial charge in [0.05, 0.1) is 12.2 Å². The molecule has 0 fully saturated rings. The Morgan fingerprint density at radius 2 is 1.90 bits per heavy atom. The van der Waals surface area contributed by atoms with Gasteiger partial charge >= 0.3 is 0 Å². The van der Waals surface area contributed by atoms with Crippen LogP contribution in [0.2, 0.25) is 0 Å². The maximum atomic E-state index is 13.3. The number of hydrogen-bond donors (Lipinski definition) is 0. The van der Waals surface area contributed by atoms with Crippen molar-refractivity contribution in [3.05, 3.63) is 87.1 Å². The van der Waals surface area contributed by atoms with Crippen LogP contribution in [0.5, 0.6) is 0 Å². The van der Waals surface area contributed by atoms with E-state index in [1.165, 1.54) is 0 Å². The Morgan fingerprint density at radius 3 is 2.61 bits per heavy atom. The van der Waals surface area contributed by atoms with Crippen LogP contribution in [0, 0.1) is 5.92 Å². The van der Waals surface area contributed by atoms with E-state index in [0.717, 1.165) is 28.8 Å². The maximum absolute atomic E-state index is 13.3. The monoisotopic (exact) mass is 418 g/mol. The molecule has 0 spiro atoms. The van der Waals surface area contributed by atoms with Crippen molar-refractivity contribution in [3.8, 4) is 0 Å². The Hall–Kier alpha value is -3.15. The van der Waals surface area contributed by atoms with Crippen molar-refractivity contribution in [2.45, 2.75) is 53.2 Å². The molecule has 1 aliphatic rings. The van der Waals surface area contributed by atoms with E-state index >= 15 is 0 Å². The van der Waals surface area contributed by atoms with Crippen LogP contribution in [0.15, 0.2) is 53.5 Å². The van der Waals surface area contributed by atoms with Gasteiger partial charge in [-0.05, 0) is 48.4 Å². The second-order valence-electron chi connectivity index (χ2n) is 8.69. The van der Waals surface area contributed by atoms with Crippen molar-refractivity contribution >= 4 is 5.91 Å². The van der Waals surface area contributed by atoms with E-state index in [4.69, 9.17) is 0 Å². The molecule has 1 aromatic carbocycles. The van der Waals surface area contributed by atoms with Gasteiger partial charge in [0.25, 0.3) is 11.5 Å². The van der Waals surface area contributed by atoms with Crippen LogP contribution in [0.3, 0.4) is 0 Å². The number of hydrogen-bond acceptors (Lipinski definition) is 3. The molecule has 4 rings (SSSR count). The molecule has 162 valence electrons. The van der Waals surface area contributed by atoms with Gasteiger partial charge in [-0.1, -0.05) is 44.2 Å². The Labute approximate surface area is 183 Å². The second-order valence-corrected chi connectivity index (χ2v) is 8.69. The number of aromatic nitrogens is 3. The summed E-state index contributed by atoms with van der Waals surface area (Å²) in [5.41, 5.74) is 4.79. The van der Waals surface area contributed by atoms with Gasteiger partial charge in [0.1, 0.15) is 5.69 Å². The van der Waals surface area contributed by atoms with Crippen molar-refractivity contribution in [1.29, 1.82) is 0 Å². The van der Waals surface area contributed by atoms with E-state index in [2.05, 4.69) is 18.9 Å². The number of benzene rings is 1. The highest BCUT2D eigenvalue weighted by Crippen LogP contribution is 2.21. The Balaban J connectivity index is 1.57. The summed E-state index contributed by atoms with van der Waals surface area (Å²) in [6.45, 7) is 8.64. The van der Waals surface area contributed by atoms with Gasteiger partial charge in [0, 0.05) is 31.9 Å². The summed E-state index contributed by atoms with van der Waals surface area (Å²) >= 11 is 0. The van der Waals surface area contributed by atoms with Crippen molar-refractivity contribution in [1.82, 2.24) is 19.2 Å². The average Bonchev–Trinajstić information content (AvgIpc) is 3.16. The second kappa shape index (κ2) is 8.92. The highest BCUT2D eigenvalue weighted by atomic mass is 16.2. The average molecular weight is 419 g/mol. The van der Waals surface area contributed by atoms with Gasteiger partial charge in [0.15, 0.2) is 0 Å². The fourth-order valence-corrected chi connectivity index (χ4v) is 4.21. The fraction of sp³-hybridized carbons (Fsp3) is 0.400. The van der Waals surface area contributed by atoms with Crippen LogP contribution in [0.4, 0.5) is 0 Å². The first-order chi connectivity index (χ1) is 14.9. The number of pyridine rings is 1. The molecule has 1 aliphatic heterocycles. The normalized spacial score (nSPS) is 13.5. The van der Waals surface area contributed by atoms with Gasteiger partial charge in [0.2, 0.25) is 0 Å². The third kappa shape index (κ3) is 4.63. The lowest BCUT2D eigenvalue weighted by Crippen LogP contribution is -2.38. The molecule has 3 aromatic rings.